The number of nitrogens with zero attached hydrogens (tertiary/aromatic N) is 3. The molecule has 1 saturated heterocycles. The number of amides is 1. The second-order valence-corrected chi connectivity index (χ2v) is 7.40. The van der Waals surface area contributed by atoms with Crippen LogP contribution < -0.4 is 9.64 Å². The zero-order valence-corrected chi connectivity index (χ0v) is 16.0. The van der Waals surface area contributed by atoms with Crippen LogP contribution in [0.4, 0.5) is 5.69 Å². The van der Waals surface area contributed by atoms with Crippen molar-refractivity contribution in [1.29, 1.82) is 0 Å². The first-order valence-corrected chi connectivity index (χ1v) is 9.76. The van der Waals surface area contributed by atoms with Gasteiger partial charge in [0, 0.05) is 31.9 Å². The van der Waals surface area contributed by atoms with Crippen molar-refractivity contribution in [3.05, 3.63) is 65.1 Å². The van der Waals surface area contributed by atoms with Crippen molar-refractivity contribution in [3.8, 4) is 5.75 Å². The maximum Gasteiger partial charge on any atom is 0.286 e. The van der Waals surface area contributed by atoms with E-state index in [4.69, 9.17) is 4.74 Å². The van der Waals surface area contributed by atoms with Gasteiger partial charge in [0.25, 0.3) is 5.91 Å². The Balaban J connectivity index is 1.38. The second-order valence-electron chi connectivity index (χ2n) is 6.39. The van der Waals surface area contributed by atoms with E-state index in [1.165, 1.54) is 17.4 Å². The van der Waals surface area contributed by atoms with Crippen molar-refractivity contribution in [2.24, 2.45) is 4.99 Å². The summed E-state index contributed by atoms with van der Waals surface area (Å²) in [5.41, 5.74) is 2.21. The summed E-state index contributed by atoms with van der Waals surface area (Å²) in [6.45, 7) is 3.50. The molecule has 0 radical (unpaired) electrons. The molecule has 2 aromatic rings. The van der Waals surface area contributed by atoms with Crippen LogP contribution >= 0.6 is 11.8 Å². The number of methoxy groups -OCH3 is 1. The van der Waals surface area contributed by atoms with Gasteiger partial charge in [0.2, 0.25) is 0 Å². The third-order valence-corrected chi connectivity index (χ3v) is 5.74. The van der Waals surface area contributed by atoms with Gasteiger partial charge in [-0.2, -0.15) is 4.99 Å². The smallest absolute Gasteiger partial charge is 0.286 e. The van der Waals surface area contributed by atoms with Crippen molar-refractivity contribution in [2.75, 3.05) is 38.2 Å². The Kier molecular flexibility index (Phi) is 5.16. The fraction of sp³-hybridized carbons (Fsp3) is 0.238. The Morgan fingerprint density at radius 1 is 0.963 bits per heavy atom. The van der Waals surface area contributed by atoms with E-state index in [9.17, 15) is 4.79 Å². The quantitative estimate of drug-likeness (QED) is 0.764. The Labute approximate surface area is 163 Å². The largest absolute Gasteiger partial charge is 0.497 e. The number of anilines is 1. The topological polar surface area (TPSA) is 45.1 Å². The van der Waals surface area contributed by atoms with E-state index in [1.807, 2.05) is 48.5 Å². The molecule has 0 bridgehead atoms. The van der Waals surface area contributed by atoms with E-state index >= 15 is 0 Å². The molecule has 27 heavy (non-hydrogen) atoms. The van der Waals surface area contributed by atoms with E-state index < -0.39 is 0 Å². The van der Waals surface area contributed by atoms with E-state index in [2.05, 4.69) is 26.9 Å². The average Bonchev–Trinajstić information content (AvgIpc) is 3.09. The highest BCUT2D eigenvalue weighted by atomic mass is 32.2. The van der Waals surface area contributed by atoms with Gasteiger partial charge in [0.1, 0.15) is 5.75 Å². The number of piperazine rings is 1. The normalized spacial score (nSPS) is 18.8. The minimum atomic E-state index is -0.142. The second kappa shape index (κ2) is 7.88. The van der Waals surface area contributed by atoms with Crippen LogP contribution in [0.25, 0.3) is 6.08 Å². The molecule has 0 unspecified atom stereocenters. The summed E-state index contributed by atoms with van der Waals surface area (Å²) in [4.78, 5) is 21.8. The highest BCUT2D eigenvalue weighted by molar-refractivity contribution is 8.18. The zero-order valence-electron chi connectivity index (χ0n) is 15.2. The number of thioether (sulfide) groups is 1. The molecular formula is C21H21N3O2S. The van der Waals surface area contributed by atoms with Crippen molar-refractivity contribution in [2.45, 2.75) is 0 Å². The molecule has 2 heterocycles. The molecule has 2 aliphatic rings. The SMILES string of the molecule is COc1ccc(N2CCN(C3=NC(=O)/C(=C/c4ccccc4)S3)CC2)cc1. The summed E-state index contributed by atoms with van der Waals surface area (Å²) in [5.74, 6) is 0.724. The maximum atomic E-state index is 12.3. The first-order valence-electron chi connectivity index (χ1n) is 8.94. The number of benzene rings is 2. The first-order chi connectivity index (χ1) is 13.2. The minimum Gasteiger partial charge on any atom is -0.497 e. The molecule has 1 fully saturated rings. The number of hydrogen-bond acceptors (Lipinski definition) is 5. The number of amidine groups is 1. The van der Waals surface area contributed by atoms with E-state index in [1.54, 1.807) is 7.11 Å². The molecule has 138 valence electrons. The Hall–Kier alpha value is -2.73. The number of carbonyl (C=O) groups is 1. The van der Waals surface area contributed by atoms with Gasteiger partial charge in [-0.15, -0.1) is 0 Å². The van der Waals surface area contributed by atoms with Gasteiger partial charge < -0.3 is 14.5 Å². The maximum absolute atomic E-state index is 12.3. The van der Waals surface area contributed by atoms with Crippen LogP contribution in [0.1, 0.15) is 5.56 Å². The number of aliphatic imine (C=N–C) groups is 1. The minimum absolute atomic E-state index is 0.142. The van der Waals surface area contributed by atoms with Gasteiger partial charge in [-0.05, 0) is 47.7 Å². The summed E-state index contributed by atoms with van der Waals surface area (Å²) in [6, 6.07) is 18.0. The van der Waals surface area contributed by atoms with Crippen LogP contribution in [0.2, 0.25) is 0 Å². The molecule has 0 atom stereocenters. The van der Waals surface area contributed by atoms with Gasteiger partial charge in [-0.1, -0.05) is 30.3 Å². The third-order valence-electron chi connectivity index (χ3n) is 4.69. The van der Waals surface area contributed by atoms with Gasteiger partial charge >= 0.3 is 0 Å². The highest BCUT2D eigenvalue weighted by Gasteiger charge is 2.28. The van der Waals surface area contributed by atoms with Crippen molar-refractivity contribution in [3.63, 3.8) is 0 Å². The molecule has 6 heteroatoms. The average molecular weight is 379 g/mol. The van der Waals surface area contributed by atoms with Crippen LogP contribution in [0.3, 0.4) is 0 Å². The molecule has 2 aliphatic heterocycles. The van der Waals surface area contributed by atoms with Gasteiger partial charge in [-0.25, -0.2) is 0 Å². The lowest BCUT2D eigenvalue weighted by molar-refractivity contribution is -0.113. The summed E-state index contributed by atoms with van der Waals surface area (Å²) in [5, 5.41) is 0.816. The molecule has 5 nitrogen and oxygen atoms in total. The molecule has 4 rings (SSSR count). The van der Waals surface area contributed by atoms with E-state index in [0.717, 1.165) is 42.7 Å². The lowest BCUT2D eigenvalue weighted by Crippen LogP contribution is -2.47. The summed E-state index contributed by atoms with van der Waals surface area (Å²) < 4.78 is 5.22. The van der Waals surface area contributed by atoms with E-state index in [-0.39, 0.29) is 5.91 Å². The van der Waals surface area contributed by atoms with Crippen LogP contribution in [0.15, 0.2) is 64.5 Å². The lowest BCUT2D eigenvalue weighted by Gasteiger charge is -2.36. The fourth-order valence-corrected chi connectivity index (χ4v) is 4.15. The number of carbonyl (C=O) groups excluding carboxylic acids is 1. The molecule has 0 aromatic heterocycles. The number of ether oxygens (including phenoxy) is 1. The molecule has 0 aliphatic carbocycles. The zero-order chi connectivity index (χ0) is 18.6. The van der Waals surface area contributed by atoms with Gasteiger partial charge in [0.05, 0.1) is 12.0 Å². The Morgan fingerprint density at radius 3 is 2.30 bits per heavy atom. The molecule has 1 amide bonds. The van der Waals surface area contributed by atoms with E-state index in [0.29, 0.717) is 4.91 Å². The van der Waals surface area contributed by atoms with Crippen LogP contribution in [0, 0.1) is 0 Å². The Morgan fingerprint density at radius 2 is 1.63 bits per heavy atom. The predicted octanol–water partition coefficient (Wildman–Crippen LogP) is 3.49. The predicted molar refractivity (Wildman–Crippen MR) is 111 cm³/mol. The van der Waals surface area contributed by atoms with Gasteiger partial charge in [0.15, 0.2) is 5.17 Å². The van der Waals surface area contributed by atoms with Crippen molar-refractivity contribution in [1.82, 2.24) is 4.90 Å². The van der Waals surface area contributed by atoms with Crippen molar-refractivity contribution < 1.29 is 9.53 Å². The molecule has 0 N–H and O–H groups in total. The standard InChI is InChI=1S/C21H21N3O2S/c1-26-18-9-7-17(8-10-18)23-11-13-24(14-12-23)21-22-20(25)19(27-21)15-16-5-3-2-4-6-16/h2-10,15H,11-14H2,1H3/b19-15-. The third kappa shape index (κ3) is 4.01. The molecule has 2 aromatic carbocycles. The molecule has 0 saturated carbocycles. The number of rotatable bonds is 3. The molecular weight excluding hydrogens is 358 g/mol. The highest BCUT2D eigenvalue weighted by Crippen LogP contribution is 2.31. The Bertz CT molecular complexity index is 870. The molecule has 0 spiro atoms. The first kappa shape index (κ1) is 17.7. The summed E-state index contributed by atoms with van der Waals surface area (Å²) in [7, 11) is 1.68. The summed E-state index contributed by atoms with van der Waals surface area (Å²) in [6.07, 6.45) is 1.91. The van der Waals surface area contributed by atoms with Gasteiger partial charge in [-0.3, -0.25) is 4.79 Å². The van der Waals surface area contributed by atoms with Crippen LogP contribution in [0.5, 0.6) is 5.75 Å². The summed E-state index contributed by atoms with van der Waals surface area (Å²) >= 11 is 1.47. The van der Waals surface area contributed by atoms with Crippen LogP contribution in [-0.2, 0) is 4.79 Å². The monoisotopic (exact) mass is 379 g/mol. The van der Waals surface area contributed by atoms with Crippen molar-refractivity contribution >= 4 is 34.6 Å². The van der Waals surface area contributed by atoms with Crippen LogP contribution in [-0.4, -0.2) is 49.3 Å². The lowest BCUT2D eigenvalue weighted by atomic mass is 10.2. The number of hydrogen-bond donors (Lipinski definition) is 0. The fourth-order valence-electron chi connectivity index (χ4n) is 3.18.